The molecule has 2 amide bonds. The molecule has 0 bridgehead atoms. The summed E-state index contributed by atoms with van der Waals surface area (Å²) in [6, 6.07) is 14.1. The highest BCUT2D eigenvalue weighted by Crippen LogP contribution is 2.31. The summed E-state index contributed by atoms with van der Waals surface area (Å²) in [5.41, 5.74) is 1.84. The van der Waals surface area contributed by atoms with Crippen LogP contribution in [0.3, 0.4) is 0 Å². The number of imide groups is 1. The maximum atomic E-state index is 12.9. The molecule has 0 unspecified atom stereocenters. The molecule has 1 aliphatic rings. The molecule has 0 radical (unpaired) electrons. The van der Waals surface area contributed by atoms with Crippen LogP contribution in [-0.2, 0) is 9.59 Å². The van der Waals surface area contributed by atoms with E-state index in [-0.39, 0.29) is 24.3 Å². The Morgan fingerprint density at radius 3 is 2.29 bits per heavy atom. The minimum atomic E-state index is -0.391. The molecule has 1 N–H and O–H groups in total. The highest BCUT2D eigenvalue weighted by Gasteiger charge is 2.38. The first-order chi connectivity index (χ1) is 13.4. The van der Waals surface area contributed by atoms with Crippen LogP contribution in [0.5, 0.6) is 5.75 Å². The molecule has 2 aromatic rings. The fourth-order valence-electron chi connectivity index (χ4n) is 2.90. The minimum absolute atomic E-state index is 0.0690. The molecular formula is C22H21ClN2O3. The van der Waals surface area contributed by atoms with Gasteiger partial charge in [0.05, 0.1) is 11.7 Å². The van der Waals surface area contributed by atoms with Crippen molar-refractivity contribution in [2.24, 2.45) is 0 Å². The number of carbonyl (C=O) groups is 2. The zero-order valence-electron chi connectivity index (χ0n) is 15.7. The Balaban J connectivity index is 1.97. The minimum Gasteiger partial charge on any atom is -0.491 e. The lowest BCUT2D eigenvalue weighted by Gasteiger charge is -2.13. The fraction of sp³-hybridized carbons (Fsp3) is 0.182. The number of amides is 2. The second-order valence-electron chi connectivity index (χ2n) is 6.58. The molecule has 0 saturated heterocycles. The number of nitrogens with zero attached hydrogens (tertiary/aromatic N) is 1. The Morgan fingerprint density at radius 2 is 1.71 bits per heavy atom. The second-order valence-corrected chi connectivity index (χ2v) is 7.02. The third-order valence-electron chi connectivity index (χ3n) is 4.11. The summed E-state index contributed by atoms with van der Waals surface area (Å²) in [5, 5.41) is 3.65. The van der Waals surface area contributed by atoms with Gasteiger partial charge in [-0.25, -0.2) is 0 Å². The average Bonchev–Trinajstić information content (AvgIpc) is 2.88. The molecule has 1 heterocycles. The van der Waals surface area contributed by atoms with Crippen molar-refractivity contribution in [3.05, 3.63) is 77.5 Å². The molecule has 3 rings (SSSR count). The topological polar surface area (TPSA) is 58.6 Å². The van der Waals surface area contributed by atoms with Gasteiger partial charge in [-0.3, -0.25) is 14.5 Å². The van der Waals surface area contributed by atoms with Crippen molar-refractivity contribution in [2.75, 3.05) is 11.9 Å². The zero-order valence-corrected chi connectivity index (χ0v) is 16.5. The van der Waals surface area contributed by atoms with Gasteiger partial charge in [0.15, 0.2) is 0 Å². The van der Waals surface area contributed by atoms with Crippen LogP contribution in [0.4, 0.5) is 5.69 Å². The van der Waals surface area contributed by atoms with E-state index in [0.29, 0.717) is 21.8 Å². The van der Waals surface area contributed by atoms with E-state index in [1.54, 1.807) is 36.4 Å². The molecule has 1 aliphatic heterocycles. The van der Waals surface area contributed by atoms with E-state index in [0.717, 1.165) is 10.6 Å². The van der Waals surface area contributed by atoms with Gasteiger partial charge in [0, 0.05) is 17.3 Å². The molecule has 0 fully saturated rings. The average molecular weight is 397 g/mol. The van der Waals surface area contributed by atoms with Crippen LogP contribution in [-0.4, -0.2) is 29.4 Å². The van der Waals surface area contributed by atoms with E-state index >= 15 is 0 Å². The molecule has 0 spiro atoms. The van der Waals surface area contributed by atoms with Gasteiger partial charge in [0.1, 0.15) is 11.4 Å². The van der Waals surface area contributed by atoms with Gasteiger partial charge >= 0.3 is 0 Å². The summed E-state index contributed by atoms with van der Waals surface area (Å²) in [5.74, 6) is -0.0265. The Labute approximate surface area is 169 Å². The van der Waals surface area contributed by atoms with Gasteiger partial charge in [-0.15, -0.1) is 6.58 Å². The zero-order chi connectivity index (χ0) is 20.3. The summed E-state index contributed by atoms with van der Waals surface area (Å²) in [4.78, 5) is 26.9. The molecule has 0 saturated carbocycles. The monoisotopic (exact) mass is 396 g/mol. The van der Waals surface area contributed by atoms with Crippen LogP contribution in [0.2, 0.25) is 5.02 Å². The van der Waals surface area contributed by atoms with E-state index in [1.807, 2.05) is 26.0 Å². The van der Waals surface area contributed by atoms with E-state index in [4.69, 9.17) is 16.3 Å². The maximum Gasteiger partial charge on any atom is 0.278 e. The Kier molecular flexibility index (Phi) is 5.85. The van der Waals surface area contributed by atoms with Gasteiger partial charge in [0.25, 0.3) is 11.8 Å². The van der Waals surface area contributed by atoms with Crippen molar-refractivity contribution < 1.29 is 14.3 Å². The van der Waals surface area contributed by atoms with E-state index in [2.05, 4.69) is 11.9 Å². The summed E-state index contributed by atoms with van der Waals surface area (Å²) < 4.78 is 5.64. The number of nitrogens with one attached hydrogen (secondary N) is 1. The summed E-state index contributed by atoms with van der Waals surface area (Å²) in [7, 11) is 0. The molecule has 6 heteroatoms. The Bertz CT molecular complexity index is 931. The fourth-order valence-corrected chi connectivity index (χ4v) is 3.03. The lowest BCUT2D eigenvalue weighted by molar-refractivity contribution is -0.136. The summed E-state index contributed by atoms with van der Waals surface area (Å²) in [6.07, 6.45) is 1.59. The largest absolute Gasteiger partial charge is 0.491 e. The summed E-state index contributed by atoms with van der Waals surface area (Å²) >= 11 is 5.96. The summed E-state index contributed by atoms with van der Waals surface area (Å²) in [6.45, 7) is 7.67. The third kappa shape index (κ3) is 4.10. The lowest BCUT2D eigenvalue weighted by Crippen LogP contribution is -2.32. The SMILES string of the molecule is C=CCN1C(=O)C(Nc2ccc(OC(C)C)cc2)=C(c2ccc(Cl)cc2)C1=O. The number of hydrogen-bond acceptors (Lipinski definition) is 4. The predicted molar refractivity (Wildman–Crippen MR) is 111 cm³/mol. The second kappa shape index (κ2) is 8.31. The molecule has 0 aromatic heterocycles. The van der Waals surface area contributed by atoms with Crippen molar-refractivity contribution in [2.45, 2.75) is 20.0 Å². The predicted octanol–water partition coefficient (Wildman–Crippen LogP) is 4.51. The quantitative estimate of drug-likeness (QED) is 0.552. The molecule has 144 valence electrons. The van der Waals surface area contributed by atoms with Gasteiger partial charge in [-0.05, 0) is 55.8 Å². The van der Waals surface area contributed by atoms with Crippen LogP contribution < -0.4 is 10.1 Å². The number of ether oxygens (including phenoxy) is 1. The maximum absolute atomic E-state index is 12.9. The smallest absolute Gasteiger partial charge is 0.278 e. The van der Waals surface area contributed by atoms with Crippen LogP contribution in [0, 0.1) is 0 Å². The Morgan fingerprint density at radius 1 is 1.07 bits per heavy atom. The van der Waals surface area contributed by atoms with Crippen LogP contribution in [0.25, 0.3) is 5.57 Å². The number of anilines is 1. The van der Waals surface area contributed by atoms with Gasteiger partial charge < -0.3 is 10.1 Å². The van der Waals surface area contributed by atoms with Crippen LogP contribution in [0.1, 0.15) is 19.4 Å². The number of hydrogen-bond donors (Lipinski definition) is 1. The first-order valence-corrected chi connectivity index (χ1v) is 9.29. The number of halogens is 1. The number of carbonyl (C=O) groups excluding carboxylic acids is 2. The number of benzene rings is 2. The van der Waals surface area contributed by atoms with Crippen molar-refractivity contribution in [3.8, 4) is 5.75 Å². The highest BCUT2D eigenvalue weighted by atomic mass is 35.5. The first-order valence-electron chi connectivity index (χ1n) is 8.91. The van der Waals surface area contributed by atoms with E-state index < -0.39 is 5.91 Å². The van der Waals surface area contributed by atoms with Gasteiger partial charge in [-0.2, -0.15) is 0 Å². The Hall–Kier alpha value is -3.05. The van der Waals surface area contributed by atoms with Gasteiger partial charge in [-0.1, -0.05) is 29.8 Å². The standard InChI is InChI=1S/C22H21ClN2O3/c1-4-13-25-21(26)19(15-5-7-16(23)8-6-15)20(22(25)27)24-17-9-11-18(12-10-17)28-14(2)3/h4-12,14,24H,1,13H2,2-3H3. The van der Waals surface area contributed by atoms with Crippen molar-refractivity contribution in [3.63, 3.8) is 0 Å². The molecule has 5 nitrogen and oxygen atoms in total. The van der Waals surface area contributed by atoms with Gasteiger partial charge in [0.2, 0.25) is 0 Å². The van der Waals surface area contributed by atoms with Crippen molar-refractivity contribution in [1.29, 1.82) is 0 Å². The molecule has 2 aromatic carbocycles. The first kappa shape index (κ1) is 19.7. The molecule has 0 aliphatic carbocycles. The van der Waals surface area contributed by atoms with E-state index in [1.165, 1.54) is 6.08 Å². The normalized spacial score (nSPS) is 14.1. The van der Waals surface area contributed by atoms with Crippen LogP contribution in [0.15, 0.2) is 66.9 Å². The third-order valence-corrected chi connectivity index (χ3v) is 4.36. The highest BCUT2D eigenvalue weighted by molar-refractivity contribution is 6.37. The van der Waals surface area contributed by atoms with Crippen LogP contribution >= 0.6 is 11.6 Å². The number of rotatable bonds is 7. The molecule has 0 atom stereocenters. The molecule has 28 heavy (non-hydrogen) atoms. The van der Waals surface area contributed by atoms with E-state index in [9.17, 15) is 9.59 Å². The van der Waals surface area contributed by atoms with Crippen molar-refractivity contribution >= 4 is 34.7 Å². The van der Waals surface area contributed by atoms with Crippen molar-refractivity contribution in [1.82, 2.24) is 4.90 Å². The molecular weight excluding hydrogens is 376 g/mol. The lowest BCUT2D eigenvalue weighted by atomic mass is 10.0.